The quantitative estimate of drug-likeness (QED) is 0.523. The van der Waals surface area contributed by atoms with Crippen LogP contribution in [0.15, 0.2) is 35.3 Å². The zero-order chi connectivity index (χ0) is 19.3. The summed E-state index contributed by atoms with van der Waals surface area (Å²) < 4.78 is 1.89. The number of unbranched alkanes of at least 4 members (excludes halogenated alkanes) is 1. The van der Waals surface area contributed by atoms with Crippen LogP contribution in [0.1, 0.15) is 51.5 Å². The van der Waals surface area contributed by atoms with Crippen LogP contribution in [0.2, 0.25) is 0 Å². The Bertz CT molecular complexity index is 1090. The minimum absolute atomic E-state index is 0.0287. The number of nitrogens with one attached hydrogen (secondary N) is 1. The number of hydrogen-bond acceptors (Lipinski definition) is 5. The number of fused-ring (bicyclic) bond motifs is 3. The van der Waals surface area contributed by atoms with E-state index in [9.17, 15) is 9.90 Å². The number of pyridine rings is 1. The molecule has 5 rings (SSSR count). The third-order valence-electron chi connectivity index (χ3n) is 6.52. The molecule has 2 heterocycles. The Morgan fingerprint density at radius 3 is 2.64 bits per heavy atom. The summed E-state index contributed by atoms with van der Waals surface area (Å²) in [7, 11) is 0. The normalized spacial score (nSPS) is 26.4. The van der Waals surface area contributed by atoms with Crippen molar-refractivity contribution in [3.63, 3.8) is 0 Å². The van der Waals surface area contributed by atoms with Crippen molar-refractivity contribution in [1.29, 1.82) is 0 Å². The Morgan fingerprint density at radius 2 is 1.93 bits per heavy atom. The summed E-state index contributed by atoms with van der Waals surface area (Å²) in [6.07, 6.45) is 7.45. The molecule has 0 amide bonds. The van der Waals surface area contributed by atoms with E-state index in [0.717, 1.165) is 66.9 Å². The molecule has 0 atom stereocenters. The lowest BCUT2D eigenvalue weighted by molar-refractivity contribution is -0.105. The van der Waals surface area contributed by atoms with Gasteiger partial charge in [-0.3, -0.25) is 9.36 Å². The lowest BCUT2D eigenvalue weighted by Crippen LogP contribution is -2.51. The second-order valence-corrected chi connectivity index (χ2v) is 8.56. The van der Waals surface area contributed by atoms with Gasteiger partial charge in [-0.25, -0.2) is 4.98 Å². The van der Waals surface area contributed by atoms with E-state index in [0.29, 0.717) is 5.95 Å². The SMILES string of the molecule is CCCCNc1ncc2c3ccccc3c(=O)n(C3CC4(CC(O)C4)C3)c2n1. The Labute approximate surface area is 163 Å². The number of nitrogens with zero attached hydrogens (tertiary/aromatic N) is 3. The molecule has 2 N–H and O–H groups in total. The average Bonchev–Trinajstić information content (AvgIpc) is 2.65. The Kier molecular flexibility index (Phi) is 4.12. The van der Waals surface area contributed by atoms with Crippen molar-refractivity contribution < 1.29 is 5.11 Å². The monoisotopic (exact) mass is 378 g/mol. The number of benzene rings is 1. The first-order valence-corrected chi connectivity index (χ1v) is 10.3. The highest BCUT2D eigenvalue weighted by molar-refractivity contribution is 6.04. The van der Waals surface area contributed by atoms with E-state index in [1.54, 1.807) is 0 Å². The van der Waals surface area contributed by atoms with Crippen molar-refractivity contribution in [2.45, 2.75) is 57.6 Å². The molecule has 6 nitrogen and oxygen atoms in total. The Balaban J connectivity index is 1.62. The first kappa shape index (κ1) is 17.6. The van der Waals surface area contributed by atoms with Crippen LogP contribution in [0.25, 0.3) is 21.8 Å². The van der Waals surface area contributed by atoms with Crippen LogP contribution in [-0.4, -0.2) is 32.3 Å². The summed E-state index contributed by atoms with van der Waals surface area (Å²) in [5, 5.41) is 15.5. The Hall–Kier alpha value is -2.47. The molecule has 6 heteroatoms. The van der Waals surface area contributed by atoms with Gasteiger partial charge in [0.25, 0.3) is 5.56 Å². The van der Waals surface area contributed by atoms with Crippen molar-refractivity contribution in [2.24, 2.45) is 5.41 Å². The Morgan fingerprint density at radius 1 is 1.18 bits per heavy atom. The maximum Gasteiger partial charge on any atom is 0.260 e. The first-order valence-electron chi connectivity index (χ1n) is 10.3. The maximum atomic E-state index is 13.4. The number of anilines is 1. The summed E-state index contributed by atoms with van der Waals surface area (Å²) in [4.78, 5) is 22.6. The lowest BCUT2D eigenvalue weighted by Gasteiger charge is -2.56. The van der Waals surface area contributed by atoms with Gasteiger partial charge in [0.15, 0.2) is 0 Å². The van der Waals surface area contributed by atoms with E-state index in [4.69, 9.17) is 4.98 Å². The summed E-state index contributed by atoms with van der Waals surface area (Å²) in [5.41, 5.74) is 0.981. The zero-order valence-electron chi connectivity index (χ0n) is 16.2. The predicted octanol–water partition coefficient (Wildman–Crippen LogP) is 3.63. The molecule has 0 radical (unpaired) electrons. The molecule has 0 aliphatic heterocycles. The minimum atomic E-state index is -0.164. The molecule has 2 fully saturated rings. The molecule has 3 aromatic rings. The summed E-state index contributed by atoms with van der Waals surface area (Å²) in [5.74, 6) is 0.581. The fourth-order valence-electron chi connectivity index (χ4n) is 5.07. The van der Waals surface area contributed by atoms with Gasteiger partial charge in [-0.15, -0.1) is 0 Å². The number of rotatable bonds is 5. The van der Waals surface area contributed by atoms with Crippen LogP contribution in [-0.2, 0) is 0 Å². The fraction of sp³-hybridized carbons (Fsp3) is 0.500. The molecule has 1 aromatic carbocycles. The number of aromatic nitrogens is 3. The average molecular weight is 378 g/mol. The molecule has 2 aliphatic carbocycles. The minimum Gasteiger partial charge on any atom is -0.393 e. The number of hydrogen-bond donors (Lipinski definition) is 2. The van der Waals surface area contributed by atoms with Crippen molar-refractivity contribution in [2.75, 3.05) is 11.9 Å². The first-order chi connectivity index (χ1) is 13.6. The highest BCUT2D eigenvalue weighted by Gasteiger charge is 2.53. The van der Waals surface area contributed by atoms with Crippen molar-refractivity contribution in [3.05, 3.63) is 40.8 Å². The van der Waals surface area contributed by atoms with Gasteiger partial charge >= 0.3 is 0 Å². The van der Waals surface area contributed by atoms with Crippen LogP contribution in [0.3, 0.4) is 0 Å². The topological polar surface area (TPSA) is 80.0 Å². The van der Waals surface area contributed by atoms with E-state index in [2.05, 4.69) is 17.2 Å². The standard InChI is InChI=1S/C22H26N4O2/c1-2-3-8-23-21-24-13-18-16-6-4-5-7-17(16)20(28)26(19(18)25-21)14-9-22(10-14)11-15(27)12-22/h4-7,13-15,27H,2-3,8-12H2,1H3,(H,23,24,25). The smallest absolute Gasteiger partial charge is 0.260 e. The van der Waals surface area contributed by atoms with Crippen LogP contribution in [0.5, 0.6) is 0 Å². The molecular formula is C22H26N4O2. The molecule has 2 saturated carbocycles. The van der Waals surface area contributed by atoms with Gasteiger partial charge in [-0.2, -0.15) is 4.98 Å². The van der Waals surface area contributed by atoms with Crippen LogP contribution in [0.4, 0.5) is 5.95 Å². The third kappa shape index (κ3) is 2.70. The maximum absolute atomic E-state index is 13.4. The van der Waals surface area contributed by atoms with E-state index < -0.39 is 0 Å². The summed E-state index contributed by atoms with van der Waals surface area (Å²) in [6.45, 7) is 2.97. The van der Waals surface area contributed by atoms with E-state index in [-0.39, 0.29) is 23.1 Å². The summed E-state index contributed by atoms with van der Waals surface area (Å²) >= 11 is 0. The fourth-order valence-corrected chi connectivity index (χ4v) is 5.07. The van der Waals surface area contributed by atoms with Gasteiger partial charge in [0.2, 0.25) is 5.95 Å². The highest BCUT2D eigenvalue weighted by Crippen LogP contribution is 2.60. The number of aliphatic hydroxyl groups excluding tert-OH is 1. The molecule has 2 aliphatic rings. The van der Waals surface area contributed by atoms with Crippen LogP contribution in [0, 0.1) is 5.41 Å². The molecule has 0 saturated heterocycles. The van der Waals surface area contributed by atoms with E-state index in [1.807, 2.05) is 35.0 Å². The van der Waals surface area contributed by atoms with Gasteiger partial charge in [-0.1, -0.05) is 31.5 Å². The summed E-state index contributed by atoms with van der Waals surface area (Å²) in [6, 6.07) is 7.87. The van der Waals surface area contributed by atoms with Crippen molar-refractivity contribution in [3.8, 4) is 0 Å². The molecule has 0 bridgehead atoms. The van der Waals surface area contributed by atoms with E-state index in [1.165, 1.54) is 0 Å². The van der Waals surface area contributed by atoms with Gasteiger partial charge in [-0.05, 0) is 49.0 Å². The second-order valence-electron chi connectivity index (χ2n) is 8.56. The molecule has 1 spiro atoms. The highest BCUT2D eigenvalue weighted by atomic mass is 16.3. The molecule has 28 heavy (non-hydrogen) atoms. The van der Waals surface area contributed by atoms with Gasteiger partial charge in [0.05, 0.1) is 6.10 Å². The number of aliphatic hydroxyl groups is 1. The van der Waals surface area contributed by atoms with Crippen molar-refractivity contribution in [1.82, 2.24) is 14.5 Å². The molecular weight excluding hydrogens is 352 g/mol. The third-order valence-corrected chi connectivity index (χ3v) is 6.52. The van der Waals surface area contributed by atoms with Gasteiger partial charge < -0.3 is 10.4 Å². The zero-order valence-corrected chi connectivity index (χ0v) is 16.2. The van der Waals surface area contributed by atoms with Crippen LogP contribution < -0.4 is 10.9 Å². The second kappa shape index (κ2) is 6.55. The van der Waals surface area contributed by atoms with Gasteiger partial charge in [0.1, 0.15) is 5.65 Å². The van der Waals surface area contributed by atoms with E-state index >= 15 is 0 Å². The van der Waals surface area contributed by atoms with Gasteiger partial charge in [0, 0.05) is 29.6 Å². The lowest BCUT2D eigenvalue weighted by atomic mass is 9.53. The largest absolute Gasteiger partial charge is 0.393 e. The molecule has 0 unspecified atom stereocenters. The van der Waals surface area contributed by atoms with Crippen LogP contribution >= 0.6 is 0 Å². The molecule has 146 valence electrons. The van der Waals surface area contributed by atoms with Crippen molar-refractivity contribution >= 4 is 27.8 Å². The predicted molar refractivity (Wildman–Crippen MR) is 111 cm³/mol. The molecule has 2 aromatic heterocycles.